The fourth-order valence-electron chi connectivity index (χ4n) is 2.25. The van der Waals surface area contributed by atoms with E-state index in [-0.39, 0.29) is 5.13 Å². The van der Waals surface area contributed by atoms with Gasteiger partial charge in [-0.2, -0.15) is 0 Å². The number of anilines is 1. The molecule has 0 unspecified atom stereocenters. The number of rotatable bonds is 5. The molecule has 0 bridgehead atoms. The Morgan fingerprint density at radius 2 is 1.82 bits per heavy atom. The van der Waals surface area contributed by atoms with Gasteiger partial charge in [-0.1, -0.05) is 11.6 Å². The number of carbonyl (C=O) groups excluding carboxylic acids is 1. The van der Waals surface area contributed by atoms with E-state index >= 15 is 0 Å². The van der Waals surface area contributed by atoms with Crippen LogP contribution in [0, 0.1) is 26.0 Å². The summed E-state index contributed by atoms with van der Waals surface area (Å²) in [7, 11) is 0. The van der Waals surface area contributed by atoms with Gasteiger partial charge in [-0.25, -0.2) is 9.37 Å². The van der Waals surface area contributed by atoms with Crippen LogP contribution in [0.4, 0.5) is 20.9 Å². The molecule has 28 heavy (non-hydrogen) atoms. The Balaban J connectivity index is 1.90. The zero-order chi connectivity index (χ0) is 20.4. The molecule has 0 aliphatic rings. The van der Waals surface area contributed by atoms with Crippen molar-refractivity contribution in [3.8, 4) is 11.3 Å². The second-order valence-electron chi connectivity index (χ2n) is 5.34. The van der Waals surface area contributed by atoms with E-state index < -0.39 is 43.5 Å². The first-order valence-electron chi connectivity index (χ1n) is 7.41. The second kappa shape index (κ2) is 7.66. The van der Waals surface area contributed by atoms with Gasteiger partial charge in [-0.3, -0.25) is 30.3 Å². The van der Waals surface area contributed by atoms with Crippen molar-refractivity contribution in [2.24, 2.45) is 0 Å². The molecule has 1 amide bonds. The number of benzene rings is 2. The van der Waals surface area contributed by atoms with E-state index in [1.54, 1.807) is 5.38 Å². The van der Waals surface area contributed by atoms with Gasteiger partial charge in [-0.15, -0.1) is 11.3 Å². The average molecular weight is 423 g/mol. The van der Waals surface area contributed by atoms with Crippen molar-refractivity contribution in [1.82, 2.24) is 4.98 Å². The molecule has 2 aromatic carbocycles. The molecule has 0 aliphatic heterocycles. The van der Waals surface area contributed by atoms with Gasteiger partial charge in [-0.05, 0) is 24.3 Å². The van der Waals surface area contributed by atoms with Gasteiger partial charge in [0, 0.05) is 17.0 Å². The van der Waals surface area contributed by atoms with E-state index in [9.17, 15) is 29.4 Å². The Bertz CT molecular complexity index is 1100. The molecule has 0 saturated carbocycles. The number of carbonyl (C=O) groups is 1. The van der Waals surface area contributed by atoms with Crippen molar-refractivity contribution in [2.75, 3.05) is 5.32 Å². The van der Waals surface area contributed by atoms with Crippen molar-refractivity contribution in [2.45, 2.75) is 0 Å². The number of non-ortho nitro benzene ring substituents is 1. The van der Waals surface area contributed by atoms with Crippen LogP contribution in [0.3, 0.4) is 0 Å². The fraction of sp³-hybridized carbons (Fsp3) is 0. The second-order valence-corrected chi connectivity index (χ2v) is 6.58. The normalized spacial score (nSPS) is 10.5. The van der Waals surface area contributed by atoms with E-state index in [1.165, 1.54) is 24.3 Å². The van der Waals surface area contributed by atoms with Crippen LogP contribution in [-0.2, 0) is 0 Å². The maximum atomic E-state index is 13.0. The van der Waals surface area contributed by atoms with Crippen LogP contribution in [0.1, 0.15) is 10.4 Å². The minimum Gasteiger partial charge on any atom is -0.298 e. The maximum Gasteiger partial charge on any atom is 0.295 e. The average Bonchev–Trinajstić information content (AvgIpc) is 3.10. The molecule has 0 aliphatic carbocycles. The first-order chi connectivity index (χ1) is 13.3. The SMILES string of the molecule is O=C(Nc1nc(-c2ccc(F)cc2)cs1)c1cc([N+](=O)[O-])cc([N+](=O)[O-])c1Cl. The molecule has 1 heterocycles. The highest BCUT2D eigenvalue weighted by Crippen LogP contribution is 2.34. The lowest BCUT2D eigenvalue weighted by atomic mass is 10.1. The predicted molar refractivity (Wildman–Crippen MR) is 100 cm³/mol. The van der Waals surface area contributed by atoms with Crippen molar-refractivity contribution in [3.05, 3.63) is 78.4 Å². The summed E-state index contributed by atoms with van der Waals surface area (Å²) in [4.78, 5) is 36.9. The van der Waals surface area contributed by atoms with E-state index in [1.807, 2.05) is 0 Å². The van der Waals surface area contributed by atoms with E-state index in [2.05, 4.69) is 10.3 Å². The van der Waals surface area contributed by atoms with Crippen LogP contribution in [0.5, 0.6) is 0 Å². The summed E-state index contributed by atoms with van der Waals surface area (Å²) in [6.07, 6.45) is 0. The molecule has 12 heteroatoms. The maximum absolute atomic E-state index is 13.0. The van der Waals surface area contributed by atoms with Gasteiger partial charge in [0.15, 0.2) is 5.13 Å². The Morgan fingerprint density at radius 1 is 1.14 bits per heavy atom. The Labute approximate surface area is 164 Å². The van der Waals surface area contributed by atoms with Crippen LogP contribution in [0.15, 0.2) is 41.8 Å². The molecule has 1 N–H and O–H groups in total. The molecule has 9 nitrogen and oxygen atoms in total. The van der Waals surface area contributed by atoms with Gasteiger partial charge in [0.05, 0.1) is 27.2 Å². The summed E-state index contributed by atoms with van der Waals surface area (Å²) in [5.74, 6) is -1.30. The fourth-order valence-corrected chi connectivity index (χ4v) is 3.23. The third-order valence-electron chi connectivity index (χ3n) is 3.55. The van der Waals surface area contributed by atoms with Gasteiger partial charge in [0.1, 0.15) is 10.8 Å². The number of hydrogen-bond acceptors (Lipinski definition) is 7. The summed E-state index contributed by atoms with van der Waals surface area (Å²) >= 11 is 6.93. The number of nitro groups is 2. The first-order valence-corrected chi connectivity index (χ1v) is 8.67. The molecule has 1 aromatic heterocycles. The monoisotopic (exact) mass is 422 g/mol. The molecule has 0 atom stereocenters. The Hall–Kier alpha value is -3.44. The lowest BCUT2D eigenvalue weighted by Gasteiger charge is -2.05. The van der Waals surface area contributed by atoms with Crippen LogP contribution >= 0.6 is 22.9 Å². The number of aromatic nitrogens is 1. The number of halogens is 2. The van der Waals surface area contributed by atoms with Crippen LogP contribution in [-0.4, -0.2) is 20.7 Å². The lowest BCUT2D eigenvalue weighted by Crippen LogP contribution is -2.13. The quantitative estimate of drug-likeness (QED) is 0.469. The molecule has 3 rings (SSSR count). The molecule has 3 aromatic rings. The molecular weight excluding hydrogens is 415 g/mol. The summed E-state index contributed by atoms with van der Waals surface area (Å²) < 4.78 is 13.0. The molecule has 0 saturated heterocycles. The summed E-state index contributed by atoms with van der Waals surface area (Å²) in [5.41, 5.74) is -0.751. The summed E-state index contributed by atoms with van der Waals surface area (Å²) in [6, 6.07) is 7.06. The minimum absolute atomic E-state index is 0.134. The topological polar surface area (TPSA) is 128 Å². The molecule has 0 spiro atoms. The van der Waals surface area contributed by atoms with E-state index in [4.69, 9.17) is 11.6 Å². The highest BCUT2D eigenvalue weighted by Gasteiger charge is 2.26. The molecular formula is C16H8ClFN4O5S. The van der Waals surface area contributed by atoms with Crippen LogP contribution in [0.2, 0.25) is 5.02 Å². The highest BCUT2D eigenvalue weighted by molar-refractivity contribution is 7.14. The summed E-state index contributed by atoms with van der Waals surface area (Å²) in [6.45, 7) is 0. The van der Waals surface area contributed by atoms with Gasteiger partial charge >= 0.3 is 0 Å². The van der Waals surface area contributed by atoms with Crippen molar-refractivity contribution in [1.29, 1.82) is 0 Å². The van der Waals surface area contributed by atoms with Crippen LogP contribution in [0.25, 0.3) is 11.3 Å². The third kappa shape index (κ3) is 3.94. The number of thiazole rings is 1. The largest absolute Gasteiger partial charge is 0.298 e. The third-order valence-corrected chi connectivity index (χ3v) is 4.71. The van der Waals surface area contributed by atoms with Crippen molar-refractivity contribution >= 4 is 45.4 Å². The smallest absolute Gasteiger partial charge is 0.295 e. The van der Waals surface area contributed by atoms with Crippen molar-refractivity contribution in [3.63, 3.8) is 0 Å². The lowest BCUT2D eigenvalue weighted by molar-refractivity contribution is -0.394. The standard InChI is InChI=1S/C16H8ClFN4O5S/c17-14-11(5-10(21(24)25)6-13(14)22(26)27)15(23)20-16-19-12(7-28-16)8-1-3-9(18)4-2-8/h1-7H,(H,19,20,23). The number of nitrogens with zero attached hydrogens (tertiary/aromatic N) is 3. The number of hydrogen-bond donors (Lipinski definition) is 1. The van der Waals surface area contributed by atoms with E-state index in [0.29, 0.717) is 17.3 Å². The van der Waals surface area contributed by atoms with Gasteiger partial charge in [0.2, 0.25) is 0 Å². The molecule has 0 fully saturated rings. The van der Waals surface area contributed by atoms with Crippen LogP contribution < -0.4 is 5.32 Å². The Kier molecular flexibility index (Phi) is 5.29. The Morgan fingerprint density at radius 3 is 2.43 bits per heavy atom. The first kappa shape index (κ1) is 19.3. The zero-order valence-corrected chi connectivity index (χ0v) is 15.2. The van der Waals surface area contributed by atoms with Gasteiger partial charge < -0.3 is 0 Å². The number of amides is 1. The van der Waals surface area contributed by atoms with E-state index in [0.717, 1.165) is 17.4 Å². The summed E-state index contributed by atoms with van der Waals surface area (Å²) in [5, 5.41) is 25.6. The minimum atomic E-state index is -0.915. The highest BCUT2D eigenvalue weighted by atomic mass is 35.5. The number of nitro benzene ring substituents is 2. The predicted octanol–water partition coefficient (Wildman–Crippen LogP) is 4.67. The zero-order valence-electron chi connectivity index (χ0n) is 13.6. The number of nitrogens with one attached hydrogen (secondary N) is 1. The molecule has 0 radical (unpaired) electrons. The van der Waals surface area contributed by atoms with Gasteiger partial charge in [0.25, 0.3) is 17.3 Å². The molecule has 142 valence electrons. The van der Waals surface area contributed by atoms with Crippen molar-refractivity contribution < 1.29 is 19.0 Å².